The van der Waals surface area contributed by atoms with Crippen molar-refractivity contribution in [1.82, 2.24) is 10.2 Å². The monoisotopic (exact) mass is 538 g/mol. The van der Waals surface area contributed by atoms with Crippen molar-refractivity contribution in [3.63, 3.8) is 0 Å². The molecule has 3 aromatic carbocycles. The maximum atomic E-state index is 13.7. The number of carbonyl (C=O) groups is 2. The van der Waals surface area contributed by atoms with E-state index < -0.39 is 6.04 Å². The molecule has 0 aliphatic carbocycles. The first-order chi connectivity index (χ1) is 18.3. The highest BCUT2D eigenvalue weighted by atomic mass is 35.5. The van der Waals surface area contributed by atoms with Crippen LogP contribution in [0.1, 0.15) is 25.0 Å². The summed E-state index contributed by atoms with van der Waals surface area (Å²) in [5.74, 6) is 1.22. The van der Waals surface area contributed by atoms with E-state index in [4.69, 9.17) is 25.8 Å². The fraction of sp³-hybridized carbons (Fsp3) is 0.333. The van der Waals surface area contributed by atoms with Gasteiger partial charge in [-0.1, -0.05) is 67.9 Å². The number of benzene rings is 3. The van der Waals surface area contributed by atoms with Gasteiger partial charge in [-0.25, -0.2) is 0 Å². The van der Waals surface area contributed by atoms with Crippen LogP contribution in [0.3, 0.4) is 0 Å². The predicted molar refractivity (Wildman–Crippen MR) is 149 cm³/mol. The van der Waals surface area contributed by atoms with E-state index in [-0.39, 0.29) is 30.9 Å². The molecule has 1 N–H and O–H groups in total. The van der Waals surface area contributed by atoms with Gasteiger partial charge in [0.25, 0.3) is 5.91 Å². The van der Waals surface area contributed by atoms with Crippen molar-refractivity contribution < 1.29 is 23.8 Å². The average Bonchev–Trinajstić information content (AvgIpc) is 2.93. The Kier molecular flexibility index (Phi) is 10.8. The van der Waals surface area contributed by atoms with Crippen molar-refractivity contribution >= 4 is 23.4 Å². The van der Waals surface area contributed by atoms with E-state index in [9.17, 15) is 9.59 Å². The number of nitrogens with zero attached hydrogens (tertiary/aromatic N) is 1. The van der Waals surface area contributed by atoms with Crippen molar-refractivity contribution in [3.05, 3.63) is 88.9 Å². The maximum Gasteiger partial charge on any atom is 0.261 e. The fourth-order valence-electron chi connectivity index (χ4n) is 3.86. The molecule has 3 rings (SSSR count). The summed E-state index contributed by atoms with van der Waals surface area (Å²) in [6, 6.07) is 21.2. The number of amides is 2. The molecule has 0 radical (unpaired) electrons. The average molecular weight is 539 g/mol. The molecule has 202 valence electrons. The van der Waals surface area contributed by atoms with E-state index in [1.54, 1.807) is 49.5 Å². The van der Waals surface area contributed by atoms with Crippen LogP contribution in [0.5, 0.6) is 17.2 Å². The molecule has 0 aliphatic rings. The number of rotatable bonds is 13. The normalized spacial score (nSPS) is 11.5. The second kappa shape index (κ2) is 14.3. The van der Waals surface area contributed by atoms with Crippen LogP contribution in [-0.2, 0) is 22.6 Å². The van der Waals surface area contributed by atoms with Crippen molar-refractivity contribution in [2.75, 3.05) is 27.4 Å². The minimum atomic E-state index is -0.747. The molecular weight excluding hydrogens is 504 g/mol. The Morgan fingerprint density at radius 3 is 2.05 bits per heavy atom. The Hall–Kier alpha value is -3.71. The fourth-order valence-corrected chi connectivity index (χ4v) is 3.98. The molecule has 3 aromatic rings. The van der Waals surface area contributed by atoms with Crippen LogP contribution in [-0.4, -0.2) is 50.1 Å². The van der Waals surface area contributed by atoms with Gasteiger partial charge in [0.1, 0.15) is 23.3 Å². The number of carbonyl (C=O) groups excluding carboxylic acids is 2. The Morgan fingerprint density at radius 1 is 0.868 bits per heavy atom. The highest BCUT2D eigenvalue weighted by molar-refractivity contribution is 6.30. The zero-order chi connectivity index (χ0) is 27.5. The first kappa shape index (κ1) is 28.9. The summed E-state index contributed by atoms with van der Waals surface area (Å²) in [4.78, 5) is 28.8. The van der Waals surface area contributed by atoms with E-state index in [0.717, 1.165) is 11.1 Å². The van der Waals surface area contributed by atoms with Gasteiger partial charge < -0.3 is 24.4 Å². The summed E-state index contributed by atoms with van der Waals surface area (Å²) in [5, 5.41) is 3.60. The summed E-state index contributed by atoms with van der Waals surface area (Å²) in [6.45, 7) is 4.51. The molecule has 0 aliphatic heterocycles. The quantitative estimate of drug-likeness (QED) is 0.326. The van der Waals surface area contributed by atoms with Gasteiger partial charge in [-0.2, -0.15) is 0 Å². The van der Waals surface area contributed by atoms with E-state index in [1.165, 1.54) is 0 Å². The molecule has 0 aromatic heterocycles. The molecule has 1 atom stereocenters. The van der Waals surface area contributed by atoms with Crippen LogP contribution in [0, 0.1) is 5.92 Å². The summed E-state index contributed by atoms with van der Waals surface area (Å²) in [7, 11) is 3.09. The molecular formula is C30H35ClN2O5. The number of halogens is 1. The largest absolute Gasteiger partial charge is 0.496 e. The molecule has 0 spiro atoms. The van der Waals surface area contributed by atoms with Gasteiger partial charge in [0.2, 0.25) is 5.91 Å². The minimum absolute atomic E-state index is 0.215. The number of methoxy groups -OCH3 is 2. The van der Waals surface area contributed by atoms with Gasteiger partial charge >= 0.3 is 0 Å². The Balaban J connectivity index is 1.91. The van der Waals surface area contributed by atoms with Gasteiger partial charge in [0, 0.05) is 42.7 Å². The highest BCUT2D eigenvalue weighted by Gasteiger charge is 2.30. The Bertz CT molecular complexity index is 1160. The summed E-state index contributed by atoms with van der Waals surface area (Å²) < 4.78 is 16.5. The van der Waals surface area contributed by atoms with Crippen LogP contribution in [0.15, 0.2) is 72.8 Å². The van der Waals surface area contributed by atoms with Crippen LogP contribution in [0.25, 0.3) is 0 Å². The van der Waals surface area contributed by atoms with Crippen molar-refractivity contribution in [1.29, 1.82) is 0 Å². The first-order valence-electron chi connectivity index (χ1n) is 12.5. The summed E-state index contributed by atoms with van der Waals surface area (Å²) >= 11 is 6.08. The molecule has 0 fully saturated rings. The van der Waals surface area contributed by atoms with Crippen LogP contribution in [0.2, 0.25) is 5.02 Å². The zero-order valence-electron chi connectivity index (χ0n) is 22.3. The highest BCUT2D eigenvalue weighted by Crippen LogP contribution is 2.27. The number of ether oxygens (including phenoxy) is 3. The minimum Gasteiger partial charge on any atom is -0.496 e. The van der Waals surface area contributed by atoms with Crippen molar-refractivity contribution in [2.45, 2.75) is 32.9 Å². The van der Waals surface area contributed by atoms with E-state index in [0.29, 0.717) is 35.2 Å². The van der Waals surface area contributed by atoms with Crippen LogP contribution < -0.4 is 19.5 Å². The maximum absolute atomic E-state index is 13.7. The molecule has 0 bridgehead atoms. The van der Waals surface area contributed by atoms with Gasteiger partial charge in [-0.3, -0.25) is 9.59 Å². The molecule has 2 amide bonds. The topological polar surface area (TPSA) is 77.1 Å². The number of hydrogen-bond donors (Lipinski definition) is 1. The lowest BCUT2D eigenvalue weighted by Gasteiger charge is -2.31. The first-order valence-corrected chi connectivity index (χ1v) is 12.9. The van der Waals surface area contributed by atoms with Gasteiger partial charge in [0.15, 0.2) is 6.61 Å². The van der Waals surface area contributed by atoms with Crippen molar-refractivity contribution in [3.8, 4) is 17.2 Å². The molecule has 0 saturated heterocycles. The van der Waals surface area contributed by atoms with Crippen LogP contribution >= 0.6 is 11.6 Å². The zero-order valence-corrected chi connectivity index (χ0v) is 23.0. The lowest BCUT2D eigenvalue weighted by molar-refractivity contribution is -0.142. The van der Waals surface area contributed by atoms with Crippen molar-refractivity contribution in [2.24, 2.45) is 5.92 Å². The number of nitrogens with one attached hydrogen (secondary N) is 1. The third kappa shape index (κ3) is 8.70. The van der Waals surface area contributed by atoms with Gasteiger partial charge in [-0.05, 0) is 29.2 Å². The lowest BCUT2D eigenvalue weighted by atomic mass is 10.0. The van der Waals surface area contributed by atoms with E-state index in [1.807, 2.05) is 56.3 Å². The second-order valence-electron chi connectivity index (χ2n) is 9.33. The second-order valence-corrected chi connectivity index (χ2v) is 9.77. The standard InChI is InChI=1S/C30H35ClN2O5/c1-21(2)18-32-30(35)28(14-22-8-6-5-7-9-22)33(19-23-10-12-24(31)13-11-23)29(34)20-38-27-16-25(36-3)15-26(17-27)37-4/h5-13,15-17,21,28H,14,18-20H2,1-4H3,(H,32,35)/t28-/m1/s1. The van der Waals surface area contributed by atoms with Gasteiger partial charge in [-0.15, -0.1) is 0 Å². The van der Waals surface area contributed by atoms with Crippen LogP contribution in [0.4, 0.5) is 0 Å². The molecule has 7 nitrogen and oxygen atoms in total. The number of hydrogen-bond acceptors (Lipinski definition) is 5. The Morgan fingerprint density at radius 2 is 1.47 bits per heavy atom. The summed E-state index contributed by atoms with van der Waals surface area (Å²) in [6.07, 6.45) is 0.358. The molecule has 0 heterocycles. The lowest BCUT2D eigenvalue weighted by Crippen LogP contribution is -2.52. The van der Waals surface area contributed by atoms with E-state index in [2.05, 4.69) is 5.32 Å². The molecule has 0 saturated carbocycles. The third-order valence-electron chi connectivity index (χ3n) is 5.91. The summed E-state index contributed by atoms with van der Waals surface area (Å²) in [5.41, 5.74) is 1.80. The molecule has 8 heteroatoms. The molecule has 38 heavy (non-hydrogen) atoms. The Labute approximate surface area is 229 Å². The van der Waals surface area contributed by atoms with Gasteiger partial charge in [0.05, 0.1) is 14.2 Å². The molecule has 0 unspecified atom stereocenters. The third-order valence-corrected chi connectivity index (χ3v) is 6.16. The smallest absolute Gasteiger partial charge is 0.261 e. The predicted octanol–water partition coefficient (Wildman–Crippen LogP) is 5.15. The SMILES string of the molecule is COc1cc(OC)cc(OCC(=O)N(Cc2ccc(Cl)cc2)[C@H](Cc2ccccc2)C(=O)NCC(C)C)c1. The van der Waals surface area contributed by atoms with E-state index >= 15 is 0 Å².